The topological polar surface area (TPSA) is 49.4 Å². The highest BCUT2D eigenvalue weighted by atomic mass is 19.1. The van der Waals surface area contributed by atoms with E-state index in [4.69, 9.17) is 0 Å². The molecule has 2 aromatic carbocycles. The maximum absolute atomic E-state index is 13.2. The molecule has 5 heteroatoms. The lowest BCUT2D eigenvalue weighted by Crippen LogP contribution is -2.43. The Morgan fingerprint density at radius 1 is 1.17 bits per heavy atom. The number of carbonyl (C=O) groups excluding carboxylic acids is 2. The first kappa shape index (κ1) is 16.2. The molecule has 1 N–H and O–H groups in total. The van der Waals surface area contributed by atoms with Crippen LogP contribution in [0, 0.1) is 12.7 Å². The van der Waals surface area contributed by atoms with Gasteiger partial charge in [-0.3, -0.25) is 9.59 Å². The largest absolute Gasteiger partial charge is 0.327 e. The van der Waals surface area contributed by atoms with Gasteiger partial charge in [0.25, 0.3) is 5.91 Å². The van der Waals surface area contributed by atoms with Crippen LogP contribution in [0.25, 0.3) is 0 Å². The molecule has 0 unspecified atom stereocenters. The number of anilines is 1. The van der Waals surface area contributed by atoms with Crippen LogP contribution in [-0.2, 0) is 4.79 Å². The molecule has 1 aliphatic rings. The Kier molecular flexibility index (Phi) is 4.60. The van der Waals surface area contributed by atoms with E-state index in [1.807, 2.05) is 25.1 Å². The van der Waals surface area contributed by atoms with E-state index < -0.39 is 11.9 Å². The fourth-order valence-electron chi connectivity index (χ4n) is 3.04. The Labute approximate surface area is 140 Å². The summed E-state index contributed by atoms with van der Waals surface area (Å²) in [5.74, 6) is -0.822. The van der Waals surface area contributed by atoms with Crippen molar-refractivity contribution >= 4 is 17.5 Å². The number of likely N-dealkylation sites (tertiary alicyclic amines) is 1. The number of aryl methyl sites for hydroxylation is 1. The van der Waals surface area contributed by atoms with Crippen LogP contribution in [0.15, 0.2) is 48.5 Å². The fourth-order valence-corrected chi connectivity index (χ4v) is 3.04. The lowest BCUT2D eigenvalue weighted by atomic mass is 10.1. The van der Waals surface area contributed by atoms with Crippen molar-refractivity contribution in [2.24, 2.45) is 0 Å². The Balaban J connectivity index is 1.76. The molecule has 4 nitrogen and oxygen atoms in total. The zero-order valence-electron chi connectivity index (χ0n) is 13.5. The molecule has 1 atom stereocenters. The summed E-state index contributed by atoms with van der Waals surface area (Å²) in [4.78, 5) is 26.9. The number of hydrogen-bond acceptors (Lipinski definition) is 2. The van der Waals surface area contributed by atoms with Crippen molar-refractivity contribution in [1.29, 1.82) is 0 Å². The van der Waals surface area contributed by atoms with Gasteiger partial charge in [0.1, 0.15) is 11.9 Å². The first-order valence-electron chi connectivity index (χ1n) is 7.99. The van der Waals surface area contributed by atoms with Gasteiger partial charge < -0.3 is 10.2 Å². The van der Waals surface area contributed by atoms with Crippen LogP contribution in [0.3, 0.4) is 0 Å². The summed E-state index contributed by atoms with van der Waals surface area (Å²) >= 11 is 0. The monoisotopic (exact) mass is 326 g/mol. The molecular formula is C19H19FN2O2. The zero-order valence-corrected chi connectivity index (χ0v) is 13.5. The van der Waals surface area contributed by atoms with E-state index in [1.165, 1.54) is 18.2 Å². The lowest BCUT2D eigenvalue weighted by Gasteiger charge is -2.24. The summed E-state index contributed by atoms with van der Waals surface area (Å²) in [6, 6.07) is 12.6. The van der Waals surface area contributed by atoms with Crippen molar-refractivity contribution in [2.45, 2.75) is 25.8 Å². The number of hydrogen-bond donors (Lipinski definition) is 1. The van der Waals surface area contributed by atoms with Crippen LogP contribution in [0.1, 0.15) is 28.8 Å². The molecule has 1 fully saturated rings. The first-order chi connectivity index (χ1) is 11.6. The van der Waals surface area contributed by atoms with Crippen molar-refractivity contribution in [2.75, 3.05) is 11.9 Å². The van der Waals surface area contributed by atoms with E-state index in [2.05, 4.69) is 5.32 Å². The highest BCUT2D eigenvalue weighted by Gasteiger charge is 2.34. The Morgan fingerprint density at radius 3 is 2.71 bits per heavy atom. The van der Waals surface area contributed by atoms with Crippen LogP contribution in [0.4, 0.5) is 10.1 Å². The number of carbonyl (C=O) groups is 2. The number of halogens is 1. The van der Waals surface area contributed by atoms with Gasteiger partial charge in [-0.25, -0.2) is 4.39 Å². The molecular weight excluding hydrogens is 307 g/mol. The van der Waals surface area contributed by atoms with Gasteiger partial charge in [0.05, 0.1) is 0 Å². The van der Waals surface area contributed by atoms with Gasteiger partial charge in [-0.2, -0.15) is 0 Å². The molecule has 1 saturated heterocycles. The van der Waals surface area contributed by atoms with E-state index in [0.717, 1.165) is 12.0 Å². The van der Waals surface area contributed by atoms with E-state index in [0.29, 0.717) is 24.2 Å². The van der Waals surface area contributed by atoms with Crippen molar-refractivity contribution in [1.82, 2.24) is 4.90 Å². The predicted octanol–water partition coefficient (Wildman–Crippen LogP) is 3.38. The molecule has 1 aliphatic heterocycles. The molecule has 0 spiro atoms. The molecule has 124 valence electrons. The highest BCUT2D eigenvalue weighted by molar-refractivity contribution is 6.02. The first-order valence-corrected chi connectivity index (χ1v) is 7.99. The average molecular weight is 326 g/mol. The molecule has 0 aromatic heterocycles. The van der Waals surface area contributed by atoms with Crippen LogP contribution in [0.2, 0.25) is 0 Å². The molecule has 0 aliphatic carbocycles. The van der Waals surface area contributed by atoms with Gasteiger partial charge in [0.15, 0.2) is 0 Å². The summed E-state index contributed by atoms with van der Waals surface area (Å²) in [5.41, 5.74) is 1.90. The third-order valence-corrected chi connectivity index (χ3v) is 4.28. The van der Waals surface area contributed by atoms with Gasteiger partial charge in [0, 0.05) is 17.8 Å². The van der Waals surface area contributed by atoms with Gasteiger partial charge >= 0.3 is 0 Å². The van der Waals surface area contributed by atoms with Gasteiger partial charge in [-0.15, -0.1) is 0 Å². The highest BCUT2D eigenvalue weighted by Crippen LogP contribution is 2.23. The molecule has 2 amide bonds. The SMILES string of the molecule is Cc1ccccc1C(=O)N1CCC[C@H]1C(=O)Nc1cccc(F)c1. The number of benzene rings is 2. The number of nitrogens with one attached hydrogen (secondary N) is 1. The summed E-state index contributed by atoms with van der Waals surface area (Å²) in [7, 11) is 0. The Bertz CT molecular complexity index is 775. The molecule has 24 heavy (non-hydrogen) atoms. The van der Waals surface area contributed by atoms with Gasteiger partial charge in [-0.05, 0) is 49.6 Å². The van der Waals surface area contributed by atoms with E-state index >= 15 is 0 Å². The maximum atomic E-state index is 13.2. The summed E-state index contributed by atoms with van der Waals surface area (Å²) < 4.78 is 13.2. The average Bonchev–Trinajstić information content (AvgIpc) is 3.04. The molecule has 1 heterocycles. The summed E-state index contributed by atoms with van der Waals surface area (Å²) in [5, 5.41) is 2.70. The van der Waals surface area contributed by atoms with Crippen molar-refractivity contribution in [3.05, 3.63) is 65.5 Å². The second-order valence-corrected chi connectivity index (χ2v) is 5.97. The minimum atomic E-state index is -0.527. The molecule has 0 bridgehead atoms. The minimum absolute atomic E-state index is 0.134. The minimum Gasteiger partial charge on any atom is -0.327 e. The standard InChI is InChI=1S/C19H19FN2O2/c1-13-6-2-3-9-16(13)19(24)22-11-5-10-17(22)18(23)21-15-8-4-7-14(20)12-15/h2-4,6-9,12,17H,5,10-11H2,1H3,(H,21,23)/t17-/m0/s1. The molecule has 0 radical (unpaired) electrons. The van der Waals surface area contributed by atoms with Crippen LogP contribution in [0.5, 0.6) is 0 Å². The van der Waals surface area contributed by atoms with Crippen molar-refractivity contribution < 1.29 is 14.0 Å². The number of amides is 2. The molecule has 2 aromatic rings. The summed E-state index contributed by atoms with van der Waals surface area (Å²) in [6.07, 6.45) is 1.39. The van der Waals surface area contributed by atoms with Crippen molar-refractivity contribution in [3.8, 4) is 0 Å². The van der Waals surface area contributed by atoms with Gasteiger partial charge in [-0.1, -0.05) is 24.3 Å². The second kappa shape index (κ2) is 6.83. The van der Waals surface area contributed by atoms with Crippen molar-refractivity contribution in [3.63, 3.8) is 0 Å². The Hall–Kier alpha value is -2.69. The van der Waals surface area contributed by atoms with Gasteiger partial charge in [0.2, 0.25) is 5.91 Å². The Morgan fingerprint density at radius 2 is 1.96 bits per heavy atom. The molecule has 3 rings (SSSR count). The normalized spacial score (nSPS) is 16.9. The van der Waals surface area contributed by atoms with Crippen LogP contribution >= 0.6 is 0 Å². The third kappa shape index (κ3) is 3.30. The second-order valence-electron chi connectivity index (χ2n) is 5.97. The zero-order chi connectivity index (χ0) is 17.1. The van der Waals surface area contributed by atoms with E-state index in [9.17, 15) is 14.0 Å². The third-order valence-electron chi connectivity index (χ3n) is 4.28. The molecule has 0 saturated carbocycles. The lowest BCUT2D eigenvalue weighted by molar-refractivity contribution is -0.119. The van der Waals surface area contributed by atoms with Crippen LogP contribution in [-0.4, -0.2) is 29.3 Å². The summed E-state index contributed by atoms with van der Waals surface area (Å²) in [6.45, 7) is 2.43. The number of nitrogens with zero attached hydrogens (tertiary/aromatic N) is 1. The fraction of sp³-hybridized carbons (Fsp3) is 0.263. The van der Waals surface area contributed by atoms with E-state index in [1.54, 1.807) is 17.0 Å². The number of rotatable bonds is 3. The van der Waals surface area contributed by atoms with Crippen LogP contribution < -0.4 is 5.32 Å². The van der Waals surface area contributed by atoms with E-state index in [-0.39, 0.29) is 11.8 Å². The predicted molar refractivity (Wildman–Crippen MR) is 90.3 cm³/mol. The quantitative estimate of drug-likeness (QED) is 0.940. The smallest absolute Gasteiger partial charge is 0.254 e. The maximum Gasteiger partial charge on any atom is 0.254 e.